The Balaban J connectivity index is 2.06. The van der Waals surface area contributed by atoms with Crippen LogP contribution in [0.15, 0.2) is 0 Å². The van der Waals surface area contributed by atoms with Crippen molar-refractivity contribution in [2.24, 2.45) is 10.8 Å². The van der Waals surface area contributed by atoms with Gasteiger partial charge in [-0.05, 0) is 49.6 Å². The highest BCUT2D eigenvalue weighted by molar-refractivity contribution is 4.95. The lowest BCUT2D eigenvalue weighted by Crippen LogP contribution is -2.46. The molecular weight excluding hydrogens is 194 g/mol. The second-order valence-electron chi connectivity index (χ2n) is 7.07. The van der Waals surface area contributed by atoms with Crippen LogP contribution in [0.25, 0.3) is 0 Å². The summed E-state index contributed by atoms with van der Waals surface area (Å²) < 4.78 is 0. The first-order chi connectivity index (χ1) is 7.54. The molecule has 94 valence electrons. The van der Waals surface area contributed by atoms with Crippen LogP contribution in [-0.4, -0.2) is 24.5 Å². The van der Waals surface area contributed by atoms with E-state index in [1.165, 1.54) is 64.6 Å². The molecule has 1 saturated heterocycles. The molecule has 0 aromatic rings. The summed E-state index contributed by atoms with van der Waals surface area (Å²) in [6, 6.07) is 0. The van der Waals surface area contributed by atoms with E-state index in [0.29, 0.717) is 10.8 Å². The van der Waals surface area contributed by atoms with Gasteiger partial charge in [-0.25, -0.2) is 0 Å². The van der Waals surface area contributed by atoms with Crippen molar-refractivity contribution in [3.63, 3.8) is 0 Å². The fraction of sp³-hybridized carbons (Fsp3) is 1.00. The van der Waals surface area contributed by atoms with Gasteiger partial charge in [-0.15, -0.1) is 0 Å². The van der Waals surface area contributed by atoms with Gasteiger partial charge in [-0.2, -0.15) is 0 Å². The minimum Gasteiger partial charge on any atom is -0.303 e. The van der Waals surface area contributed by atoms with Crippen molar-refractivity contribution in [3.8, 4) is 0 Å². The van der Waals surface area contributed by atoms with E-state index in [9.17, 15) is 0 Å². The first kappa shape index (κ1) is 12.4. The summed E-state index contributed by atoms with van der Waals surface area (Å²) in [5.41, 5.74) is 1.09. The maximum atomic E-state index is 2.73. The van der Waals surface area contributed by atoms with Gasteiger partial charge in [-0.3, -0.25) is 0 Å². The average molecular weight is 223 g/mol. The summed E-state index contributed by atoms with van der Waals surface area (Å²) in [5, 5.41) is 0. The molecule has 2 aliphatic rings. The van der Waals surface area contributed by atoms with Gasteiger partial charge >= 0.3 is 0 Å². The van der Waals surface area contributed by atoms with Gasteiger partial charge < -0.3 is 4.90 Å². The zero-order valence-corrected chi connectivity index (χ0v) is 11.5. The minimum atomic E-state index is 0.482. The normalized spacial score (nSPS) is 27.2. The Bertz CT molecular complexity index is 214. The molecule has 0 amide bonds. The van der Waals surface area contributed by atoms with E-state index in [0.717, 1.165) is 0 Å². The predicted molar refractivity (Wildman–Crippen MR) is 70.6 cm³/mol. The lowest BCUT2D eigenvalue weighted by Gasteiger charge is -2.49. The molecule has 0 radical (unpaired) electrons. The van der Waals surface area contributed by atoms with Crippen LogP contribution in [0.4, 0.5) is 0 Å². The van der Waals surface area contributed by atoms with Crippen LogP contribution in [-0.2, 0) is 0 Å². The summed E-state index contributed by atoms with van der Waals surface area (Å²) in [7, 11) is 0. The van der Waals surface area contributed by atoms with E-state index < -0.39 is 0 Å². The van der Waals surface area contributed by atoms with Crippen molar-refractivity contribution in [1.29, 1.82) is 0 Å². The third kappa shape index (κ3) is 2.45. The highest BCUT2D eigenvalue weighted by Crippen LogP contribution is 2.50. The van der Waals surface area contributed by atoms with Crippen LogP contribution in [0.3, 0.4) is 0 Å². The Labute approximate surface area is 102 Å². The monoisotopic (exact) mass is 223 g/mol. The van der Waals surface area contributed by atoms with Gasteiger partial charge in [-0.1, -0.05) is 40.0 Å². The van der Waals surface area contributed by atoms with Crippen molar-refractivity contribution in [1.82, 2.24) is 4.90 Å². The van der Waals surface area contributed by atoms with Gasteiger partial charge in [0.25, 0.3) is 0 Å². The molecule has 1 saturated carbocycles. The zero-order valence-electron chi connectivity index (χ0n) is 11.5. The fourth-order valence-corrected chi connectivity index (χ4v) is 3.74. The summed E-state index contributed by atoms with van der Waals surface area (Å²) in [6.07, 6.45) is 10.2. The molecule has 0 spiro atoms. The van der Waals surface area contributed by atoms with E-state index in [1.54, 1.807) is 0 Å². The first-order valence-corrected chi connectivity index (χ1v) is 7.26. The Kier molecular flexibility index (Phi) is 3.63. The second-order valence-corrected chi connectivity index (χ2v) is 7.07. The van der Waals surface area contributed by atoms with E-state index in [2.05, 4.69) is 25.7 Å². The Hall–Kier alpha value is -0.0400. The first-order valence-electron chi connectivity index (χ1n) is 7.26. The topological polar surface area (TPSA) is 3.24 Å². The van der Waals surface area contributed by atoms with Gasteiger partial charge in [0.15, 0.2) is 0 Å². The largest absolute Gasteiger partial charge is 0.303 e. The maximum Gasteiger partial charge on any atom is 0.00430 e. The molecule has 0 bridgehead atoms. The van der Waals surface area contributed by atoms with Crippen LogP contribution in [0, 0.1) is 10.8 Å². The van der Waals surface area contributed by atoms with Crippen molar-refractivity contribution in [3.05, 3.63) is 0 Å². The SMILES string of the molecule is CC(C)(C)C1(CN2CCCC2)CCCCC1. The summed E-state index contributed by atoms with van der Waals surface area (Å²) in [4.78, 5) is 2.73. The quantitative estimate of drug-likeness (QED) is 0.682. The summed E-state index contributed by atoms with van der Waals surface area (Å²) in [5.74, 6) is 0. The van der Waals surface area contributed by atoms with Gasteiger partial charge in [0, 0.05) is 6.54 Å². The third-order valence-electron chi connectivity index (χ3n) is 5.13. The Morgan fingerprint density at radius 2 is 1.44 bits per heavy atom. The molecule has 1 nitrogen and oxygen atoms in total. The maximum absolute atomic E-state index is 2.73. The lowest BCUT2D eigenvalue weighted by molar-refractivity contribution is 0.00646. The molecule has 0 unspecified atom stereocenters. The summed E-state index contributed by atoms with van der Waals surface area (Å²) >= 11 is 0. The molecule has 1 heteroatoms. The number of hydrogen-bond acceptors (Lipinski definition) is 1. The van der Waals surface area contributed by atoms with E-state index in [1.807, 2.05) is 0 Å². The van der Waals surface area contributed by atoms with E-state index >= 15 is 0 Å². The molecule has 1 aliphatic carbocycles. The Morgan fingerprint density at radius 1 is 0.875 bits per heavy atom. The van der Waals surface area contributed by atoms with Crippen LogP contribution in [0.5, 0.6) is 0 Å². The molecule has 2 fully saturated rings. The highest BCUT2D eigenvalue weighted by atomic mass is 15.1. The second kappa shape index (κ2) is 4.68. The van der Waals surface area contributed by atoms with Gasteiger partial charge in [0.05, 0.1) is 0 Å². The molecule has 0 aromatic heterocycles. The molecule has 0 atom stereocenters. The van der Waals surface area contributed by atoms with Crippen molar-refractivity contribution in [2.75, 3.05) is 19.6 Å². The van der Waals surface area contributed by atoms with Crippen molar-refractivity contribution in [2.45, 2.75) is 65.7 Å². The summed E-state index contributed by atoms with van der Waals surface area (Å²) in [6.45, 7) is 11.5. The zero-order chi connectivity index (χ0) is 11.6. The third-order valence-corrected chi connectivity index (χ3v) is 5.13. The molecule has 16 heavy (non-hydrogen) atoms. The Morgan fingerprint density at radius 3 is 1.94 bits per heavy atom. The lowest BCUT2D eigenvalue weighted by atomic mass is 9.59. The van der Waals surface area contributed by atoms with Crippen LogP contribution in [0.1, 0.15) is 65.7 Å². The smallest absolute Gasteiger partial charge is 0.00430 e. The molecule has 1 heterocycles. The fourth-order valence-electron chi connectivity index (χ4n) is 3.74. The van der Waals surface area contributed by atoms with E-state index in [4.69, 9.17) is 0 Å². The van der Waals surface area contributed by atoms with Gasteiger partial charge in [0.2, 0.25) is 0 Å². The number of rotatable bonds is 2. The van der Waals surface area contributed by atoms with Crippen LogP contribution in [0.2, 0.25) is 0 Å². The van der Waals surface area contributed by atoms with E-state index in [-0.39, 0.29) is 0 Å². The molecule has 1 aliphatic heterocycles. The molecule has 2 rings (SSSR count). The molecule has 0 N–H and O–H groups in total. The van der Waals surface area contributed by atoms with Crippen molar-refractivity contribution >= 4 is 0 Å². The van der Waals surface area contributed by atoms with Gasteiger partial charge in [0.1, 0.15) is 0 Å². The molecule has 0 aromatic carbocycles. The number of hydrogen-bond donors (Lipinski definition) is 0. The minimum absolute atomic E-state index is 0.482. The van der Waals surface area contributed by atoms with Crippen LogP contribution < -0.4 is 0 Å². The number of nitrogens with zero attached hydrogens (tertiary/aromatic N) is 1. The van der Waals surface area contributed by atoms with Crippen molar-refractivity contribution < 1.29 is 0 Å². The molecular formula is C15H29N. The standard InChI is InChI=1S/C15H29N/c1-14(2,3)15(9-5-4-6-10-15)13-16-11-7-8-12-16/h4-13H2,1-3H3. The number of likely N-dealkylation sites (tertiary alicyclic amines) is 1. The van der Waals surface area contributed by atoms with Crippen LogP contribution >= 0.6 is 0 Å². The highest BCUT2D eigenvalue weighted by Gasteiger charge is 2.43. The predicted octanol–water partition coefficient (Wildman–Crippen LogP) is 4.08. The average Bonchev–Trinajstić information content (AvgIpc) is 2.70.